The molecule has 0 radical (unpaired) electrons. The normalized spacial score (nSPS) is 19.2. The second-order valence-corrected chi connectivity index (χ2v) is 3.94. The molecule has 1 aromatic rings. The van der Waals surface area contributed by atoms with Crippen molar-refractivity contribution < 1.29 is 14.6 Å². The van der Waals surface area contributed by atoms with E-state index in [1.165, 1.54) is 7.11 Å². The zero-order valence-electron chi connectivity index (χ0n) is 9.35. The lowest BCUT2D eigenvalue weighted by atomic mass is 9.96. The molecular formula is C11H16N2O3. The molecule has 1 aliphatic rings. The Morgan fingerprint density at radius 3 is 3.25 bits per heavy atom. The van der Waals surface area contributed by atoms with Crippen LogP contribution in [0.15, 0.2) is 6.20 Å². The number of fused-ring (bicyclic) bond motifs is 1. The summed E-state index contributed by atoms with van der Waals surface area (Å²) in [4.78, 5) is 15.8. The number of ether oxygens (including phenoxy) is 1. The molecule has 0 saturated heterocycles. The van der Waals surface area contributed by atoms with Crippen molar-refractivity contribution in [2.24, 2.45) is 0 Å². The largest absolute Gasteiger partial charge is 0.469 e. The van der Waals surface area contributed by atoms with Crippen molar-refractivity contribution in [1.82, 2.24) is 9.55 Å². The van der Waals surface area contributed by atoms with Gasteiger partial charge >= 0.3 is 5.97 Å². The first-order chi connectivity index (χ1) is 7.77. The van der Waals surface area contributed by atoms with Crippen LogP contribution < -0.4 is 0 Å². The number of rotatable bonds is 3. The molecule has 0 aliphatic carbocycles. The Kier molecular flexibility index (Phi) is 3.24. The predicted octanol–water partition coefficient (Wildman–Crippen LogP) is 0.468. The maximum absolute atomic E-state index is 11.6. The molecule has 0 amide bonds. The second-order valence-electron chi connectivity index (χ2n) is 3.94. The molecule has 1 atom stereocenters. The molecule has 88 valence electrons. The Labute approximate surface area is 94.1 Å². The van der Waals surface area contributed by atoms with Crippen molar-refractivity contribution in [3.63, 3.8) is 0 Å². The van der Waals surface area contributed by atoms with Gasteiger partial charge in [0.05, 0.1) is 25.3 Å². The van der Waals surface area contributed by atoms with Gasteiger partial charge in [0.25, 0.3) is 0 Å². The molecule has 16 heavy (non-hydrogen) atoms. The molecule has 2 heterocycles. The fourth-order valence-corrected chi connectivity index (χ4v) is 2.25. The number of hydrogen-bond donors (Lipinski definition) is 1. The molecule has 5 heteroatoms. The third kappa shape index (κ3) is 1.82. The molecule has 0 fully saturated rings. The van der Waals surface area contributed by atoms with Crippen LogP contribution in [-0.2, 0) is 22.5 Å². The lowest BCUT2D eigenvalue weighted by molar-refractivity contribution is -0.143. The van der Waals surface area contributed by atoms with Crippen LogP contribution in [0.1, 0.15) is 30.3 Å². The first-order valence-corrected chi connectivity index (χ1v) is 5.51. The fourth-order valence-electron chi connectivity index (χ4n) is 2.25. The minimum absolute atomic E-state index is 0.0827. The van der Waals surface area contributed by atoms with Crippen LogP contribution in [0.25, 0.3) is 0 Å². The Balaban J connectivity index is 2.29. The summed E-state index contributed by atoms with van der Waals surface area (Å²) in [6, 6.07) is 0. The van der Waals surface area contributed by atoms with E-state index in [1.54, 1.807) is 6.20 Å². The van der Waals surface area contributed by atoms with Crippen molar-refractivity contribution in [3.05, 3.63) is 17.7 Å². The molecule has 1 N–H and O–H groups in total. The minimum Gasteiger partial charge on any atom is -0.469 e. The minimum atomic E-state index is -0.198. The molecule has 0 aromatic carbocycles. The van der Waals surface area contributed by atoms with Gasteiger partial charge < -0.3 is 14.4 Å². The molecule has 5 nitrogen and oxygen atoms in total. The predicted molar refractivity (Wildman–Crippen MR) is 57.0 cm³/mol. The first kappa shape index (κ1) is 11.1. The van der Waals surface area contributed by atoms with E-state index in [-0.39, 0.29) is 18.5 Å². The number of esters is 1. The smallest absolute Gasteiger partial charge is 0.314 e. The van der Waals surface area contributed by atoms with Gasteiger partial charge in [0, 0.05) is 19.2 Å². The quantitative estimate of drug-likeness (QED) is 0.758. The Morgan fingerprint density at radius 1 is 1.75 bits per heavy atom. The number of aliphatic hydroxyl groups excluding tert-OH is 1. The summed E-state index contributed by atoms with van der Waals surface area (Å²) in [7, 11) is 1.41. The van der Waals surface area contributed by atoms with Gasteiger partial charge in [-0.25, -0.2) is 4.98 Å². The van der Waals surface area contributed by atoms with Gasteiger partial charge in [-0.1, -0.05) is 0 Å². The number of methoxy groups -OCH3 is 1. The van der Waals surface area contributed by atoms with Crippen LogP contribution in [0.5, 0.6) is 0 Å². The van der Waals surface area contributed by atoms with Gasteiger partial charge in [0.2, 0.25) is 0 Å². The van der Waals surface area contributed by atoms with Crippen molar-refractivity contribution in [1.29, 1.82) is 0 Å². The Morgan fingerprint density at radius 2 is 2.56 bits per heavy atom. The summed E-state index contributed by atoms with van der Waals surface area (Å²) < 4.78 is 6.82. The van der Waals surface area contributed by atoms with Crippen LogP contribution >= 0.6 is 0 Å². The maximum Gasteiger partial charge on any atom is 0.314 e. The summed E-state index contributed by atoms with van der Waals surface area (Å²) >= 11 is 0. The van der Waals surface area contributed by atoms with Crippen molar-refractivity contribution in [3.8, 4) is 0 Å². The van der Waals surface area contributed by atoms with E-state index in [1.807, 2.05) is 4.57 Å². The van der Waals surface area contributed by atoms with Gasteiger partial charge in [0.1, 0.15) is 5.82 Å². The van der Waals surface area contributed by atoms with Gasteiger partial charge in [-0.05, 0) is 12.8 Å². The Hall–Kier alpha value is -1.36. The zero-order chi connectivity index (χ0) is 11.5. The highest BCUT2D eigenvalue weighted by atomic mass is 16.5. The average molecular weight is 224 g/mol. The molecule has 0 bridgehead atoms. The summed E-state index contributed by atoms with van der Waals surface area (Å²) in [5.74, 6) is 0.459. The highest BCUT2D eigenvalue weighted by Crippen LogP contribution is 2.29. The fraction of sp³-hybridized carbons (Fsp3) is 0.636. The van der Waals surface area contributed by atoms with Crippen molar-refractivity contribution in [2.45, 2.75) is 31.7 Å². The monoisotopic (exact) mass is 224 g/mol. The topological polar surface area (TPSA) is 64.4 Å². The van der Waals surface area contributed by atoms with E-state index in [0.29, 0.717) is 6.42 Å². The molecule has 1 aliphatic heterocycles. The van der Waals surface area contributed by atoms with E-state index in [9.17, 15) is 4.79 Å². The number of carbonyl (C=O) groups excluding carboxylic acids is 1. The van der Waals surface area contributed by atoms with Crippen molar-refractivity contribution >= 4 is 5.97 Å². The third-order valence-electron chi connectivity index (χ3n) is 3.02. The zero-order valence-corrected chi connectivity index (χ0v) is 9.35. The van der Waals surface area contributed by atoms with E-state index in [4.69, 9.17) is 9.84 Å². The number of nitrogens with zero attached hydrogens (tertiary/aromatic N) is 2. The van der Waals surface area contributed by atoms with E-state index >= 15 is 0 Å². The highest BCUT2D eigenvalue weighted by Gasteiger charge is 2.29. The number of aliphatic hydroxyl groups is 1. The van der Waals surface area contributed by atoms with E-state index in [0.717, 1.165) is 30.9 Å². The van der Waals surface area contributed by atoms with Gasteiger partial charge in [-0.3, -0.25) is 4.79 Å². The standard InChI is InChI=1S/C11H16N2O3/c1-16-11(15)8-3-2-5-13-9(8)7-12-10(13)4-6-14/h7-8,14H,2-6H2,1H3. The molecule has 0 spiro atoms. The average Bonchev–Trinajstić information content (AvgIpc) is 2.72. The number of aromatic nitrogens is 2. The summed E-state index contributed by atoms with van der Waals surface area (Å²) in [6.07, 6.45) is 4.03. The first-order valence-electron chi connectivity index (χ1n) is 5.51. The lowest BCUT2D eigenvalue weighted by Gasteiger charge is -2.23. The summed E-state index contributed by atoms with van der Waals surface area (Å²) in [5.41, 5.74) is 0.918. The van der Waals surface area contributed by atoms with Crippen LogP contribution in [0.3, 0.4) is 0 Å². The van der Waals surface area contributed by atoms with Gasteiger partial charge in [-0.15, -0.1) is 0 Å². The van der Waals surface area contributed by atoms with Crippen LogP contribution in [0.4, 0.5) is 0 Å². The van der Waals surface area contributed by atoms with Crippen LogP contribution in [-0.4, -0.2) is 34.3 Å². The van der Waals surface area contributed by atoms with E-state index in [2.05, 4.69) is 4.98 Å². The lowest BCUT2D eigenvalue weighted by Crippen LogP contribution is -2.24. The molecule has 1 aromatic heterocycles. The van der Waals surface area contributed by atoms with Gasteiger partial charge in [-0.2, -0.15) is 0 Å². The summed E-state index contributed by atoms with van der Waals surface area (Å²) in [5, 5.41) is 8.92. The van der Waals surface area contributed by atoms with E-state index < -0.39 is 0 Å². The highest BCUT2D eigenvalue weighted by molar-refractivity contribution is 5.77. The molecule has 0 saturated carbocycles. The van der Waals surface area contributed by atoms with Gasteiger partial charge in [0.15, 0.2) is 0 Å². The maximum atomic E-state index is 11.6. The third-order valence-corrected chi connectivity index (χ3v) is 3.02. The van der Waals surface area contributed by atoms with Crippen molar-refractivity contribution in [2.75, 3.05) is 13.7 Å². The number of hydrogen-bond acceptors (Lipinski definition) is 4. The SMILES string of the molecule is COC(=O)C1CCCn2c1cnc2CCO. The Bertz CT molecular complexity index is 387. The molecular weight excluding hydrogens is 208 g/mol. The number of imidazole rings is 1. The summed E-state index contributed by atoms with van der Waals surface area (Å²) in [6.45, 7) is 0.956. The van der Waals surface area contributed by atoms with Crippen LogP contribution in [0, 0.1) is 0 Å². The second kappa shape index (κ2) is 4.65. The molecule has 2 rings (SSSR count). The number of carbonyl (C=O) groups is 1. The molecule has 1 unspecified atom stereocenters. The van der Waals surface area contributed by atoms with Crippen LogP contribution in [0.2, 0.25) is 0 Å².